The summed E-state index contributed by atoms with van der Waals surface area (Å²) in [7, 11) is 3.05. The van der Waals surface area contributed by atoms with Crippen molar-refractivity contribution in [3.63, 3.8) is 0 Å². The van der Waals surface area contributed by atoms with Crippen LogP contribution >= 0.6 is 11.8 Å². The van der Waals surface area contributed by atoms with Crippen molar-refractivity contribution in [2.24, 2.45) is 0 Å². The van der Waals surface area contributed by atoms with Gasteiger partial charge in [0.1, 0.15) is 5.54 Å². The number of nitrogens with zero attached hydrogens (tertiary/aromatic N) is 1. The van der Waals surface area contributed by atoms with Gasteiger partial charge in [-0.1, -0.05) is 25.1 Å². The summed E-state index contributed by atoms with van der Waals surface area (Å²) < 4.78 is 4.77. The van der Waals surface area contributed by atoms with Gasteiger partial charge in [0.25, 0.3) is 5.56 Å². The molecule has 0 saturated heterocycles. The molecule has 0 spiro atoms. The number of carbonyl (C=O) groups is 1. The minimum Gasteiger partial charge on any atom is -0.468 e. The van der Waals surface area contributed by atoms with E-state index in [0.717, 1.165) is 18.5 Å². The average Bonchev–Trinajstić information content (AvgIpc) is 2.43. The third-order valence-corrected chi connectivity index (χ3v) is 4.15. The number of carbonyl (C=O) groups excluding carboxylic acids is 1. The standard InChI is InChI=1S/C13H21N3O3S/c1-5-6-9-7-10(17)16-12(15-9)20-8-13(2,14-3)11(18)19-4/h7,14H,5-6,8H2,1-4H3,(H,15,16,17). The van der Waals surface area contributed by atoms with Gasteiger partial charge < -0.3 is 15.0 Å². The van der Waals surface area contributed by atoms with Gasteiger partial charge in [0, 0.05) is 17.5 Å². The van der Waals surface area contributed by atoms with Crippen LogP contribution in [0.15, 0.2) is 16.0 Å². The highest BCUT2D eigenvalue weighted by atomic mass is 32.2. The fourth-order valence-electron chi connectivity index (χ4n) is 1.61. The normalized spacial score (nSPS) is 13.8. The molecule has 1 unspecified atom stereocenters. The van der Waals surface area contributed by atoms with Crippen LogP contribution in [0.2, 0.25) is 0 Å². The summed E-state index contributed by atoms with van der Waals surface area (Å²) in [6, 6.07) is 1.51. The molecule has 0 aromatic carbocycles. The van der Waals surface area contributed by atoms with E-state index < -0.39 is 5.54 Å². The van der Waals surface area contributed by atoms with Crippen molar-refractivity contribution in [1.29, 1.82) is 0 Å². The SMILES string of the molecule is CCCc1cc(=O)[nH]c(SCC(C)(NC)C(=O)OC)n1. The van der Waals surface area contributed by atoms with E-state index in [2.05, 4.69) is 15.3 Å². The topological polar surface area (TPSA) is 84.1 Å². The van der Waals surface area contributed by atoms with Crippen molar-refractivity contribution in [3.8, 4) is 0 Å². The summed E-state index contributed by atoms with van der Waals surface area (Å²) in [5.74, 6) is 0.0638. The van der Waals surface area contributed by atoms with Crippen LogP contribution in [0.3, 0.4) is 0 Å². The Hall–Kier alpha value is -1.34. The van der Waals surface area contributed by atoms with E-state index in [-0.39, 0.29) is 11.5 Å². The second kappa shape index (κ2) is 7.44. The molecule has 0 saturated carbocycles. The molecule has 1 heterocycles. The molecule has 0 radical (unpaired) electrons. The number of likely N-dealkylation sites (N-methyl/N-ethyl adjacent to an activating group) is 1. The molecule has 0 aliphatic rings. The van der Waals surface area contributed by atoms with Crippen molar-refractivity contribution in [3.05, 3.63) is 22.1 Å². The monoisotopic (exact) mass is 299 g/mol. The fourth-order valence-corrected chi connectivity index (χ4v) is 2.65. The highest BCUT2D eigenvalue weighted by molar-refractivity contribution is 7.99. The van der Waals surface area contributed by atoms with Gasteiger partial charge in [0.2, 0.25) is 0 Å². The third-order valence-electron chi connectivity index (χ3n) is 2.96. The predicted molar refractivity (Wildman–Crippen MR) is 79.1 cm³/mol. The second-order valence-electron chi connectivity index (χ2n) is 4.65. The summed E-state index contributed by atoms with van der Waals surface area (Å²) in [5, 5.41) is 3.46. The van der Waals surface area contributed by atoms with Crippen molar-refractivity contribution in [2.45, 2.75) is 37.4 Å². The van der Waals surface area contributed by atoms with E-state index in [1.165, 1.54) is 24.9 Å². The van der Waals surface area contributed by atoms with Gasteiger partial charge in [0.05, 0.1) is 7.11 Å². The van der Waals surface area contributed by atoms with E-state index in [1.54, 1.807) is 14.0 Å². The minimum absolute atomic E-state index is 0.171. The number of nitrogens with one attached hydrogen (secondary N) is 2. The summed E-state index contributed by atoms with van der Waals surface area (Å²) in [6.45, 7) is 3.78. The van der Waals surface area contributed by atoms with Gasteiger partial charge in [-0.15, -0.1) is 0 Å². The number of methoxy groups -OCH3 is 1. The lowest BCUT2D eigenvalue weighted by molar-refractivity contribution is -0.146. The predicted octanol–water partition coefficient (Wildman–Crippen LogP) is 0.966. The zero-order valence-electron chi connectivity index (χ0n) is 12.3. The number of rotatable bonds is 7. The summed E-state index contributed by atoms with van der Waals surface area (Å²) in [5.41, 5.74) is -0.225. The maximum Gasteiger partial charge on any atom is 0.326 e. The number of esters is 1. The molecule has 0 bridgehead atoms. The van der Waals surface area contributed by atoms with Gasteiger partial charge in [-0.05, 0) is 20.4 Å². The smallest absolute Gasteiger partial charge is 0.326 e. The number of H-pyrrole nitrogens is 1. The maximum absolute atomic E-state index is 11.7. The Morgan fingerprint density at radius 1 is 1.60 bits per heavy atom. The van der Waals surface area contributed by atoms with Gasteiger partial charge in [-0.3, -0.25) is 9.59 Å². The third kappa shape index (κ3) is 4.35. The van der Waals surface area contributed by atoms with Gasteiger partial charge in [0.15, 0.2) is 5.16 Å². The Kier molecular flexibility index (Phi) is 6.22. The first kappa shape index (κ1) is 16.7. The molecule has 0 amide bonds. The lowest BCUT2D eigenvalue weighted by atomic mass is 10.1. The van der Waals surface area contributed by atoms with Crippen LogP contribution in [0.1, 0.15) is 26.0 Å². The minimum atomic E-state index is -0.821. The number of aryl methyl sites for hydroxylation is 1. The number of hydrogen-bond donors (Lipinski definition) is 2. The summed E-state index contributed by atoms with van der Waals surface area (Å²) in [4.78, 5) is 30.3. The lowest BCUT2D eigenvalue weighted by Gasteiger charge is -2.25. The van der Waals surface area contributed by atoms with Crippen molar-refractivity contribution < 1.29 is 9.53 Å². The Labute approximate surface area is 122 Å². The Morgan fingerprint density at radius 3 is 2.85 bits per heavy atom. The van der Waals surface area contributed by atoms with Crippen molar-refractivity contribution in [1.82, 2.24) is 15.3 Å². The molecule has 7 heteroatoms. The molecule has 1 atom stereocenters. The quantitative estimate of drug-likeness (QED) is 0.443. The molecule has 0 aliphatic heterocycles. The Balaban J connectivity index is 2.83. The molecule has 0 fully saturated rings. The molecule has 1 aromatic rings. The van der Waals surface area contributed by atoms with Crippen LogP contribution in [0.25, 0.3) is 0 Å². The molecule has 6 nitrogen and oxygen atoms in total. The molecule has 1 aromatic heterocycles. The number of thioether (sulfide) groups is 1. The molecule has 112 valence electrons. The number of aromatic amines is 1. The lowest BCUT2D eigenvalue weighted by Crippen LogP contribution is -2.50. The Morgan fingerprint density at radius 2 is 2.30 bits per heavy atom. The first-order valence-electron chi connectivity index (χ1n) is 6.45. The van der Waals surface area contributed by atoms with Crippen LogP contribution in [0.5, 0.6) is 0 Å². The van der Waals surface area contributed by atoms with Crippen LogP contribution in [-0.4, -0.2) is 41.4 Å². The largest absolute Gasteiger partial charge is 0.468 e. The van der Waals surface area contributed by atoms with Crippen LogP contribution in [0, 0.1) is 0 Å². The zero-order chi connectivity index (χ0) is 15.2. The van der Waals surface area contributed by atoms with Gasteiger partial charge in [-0.25, -0.2) is 4.98 Å². The molecule has 0 aliphatic carbocycles. The highest BCUT2D eigenvalue weighted by Crippen LogP contribution is 2.19. The molecule has 1 rings (SSSR count). The van der Waals surface area contributed by atoms with E-state index in [4.69, 9.17) is 4.74 Å². The highest BCUT2D eigenvalue weighted by Gasteiger charge is 2.32. The fraction of sp³-hybridized carbons (Fsp3) is 0.615. The Bertz CT molecular complexity index is 518. The molecular weight excluding hydrogens is 278 g/mol. The first-order chi connectivity index (χ1) is 9.45. The zero-order valence-corrected chi connectivity index (χ0v) is 13.1. The molecule has 20 heavy (non-hydrogen) atoms. The first-order valence-corrected chi connectivity index (χ1v) is 7.44. The van der Waals surface area contributed by atoms with E-state index in [9.17, 15) is 9.59 Å². The van der Waals surface area contributed by atoms with E-state index in [0.29, 0.717) is 10.9 Å². The molecule has 2 N–H and O–H groups in total. The number of aromatic nitrogens is 2. The summed E-state index contributed by atoms with van der Waals surface area (Å²) in [6.07, 6.45) is 1.69. The van der Waals surface area contributed by atoms with E-state index in [1.807, 2.05) is 6.92 Å². The second-order valence-corrected chi connectivity index (χ2v) is 5.62. The van der Waals surface area contributed by atoms with Crippen LogP contribution in [0.4, 0.5) is 0 Å². The van der Waals surface area contributed by atoms with Crippen LogP contribution < -0.4 is 10.9 Å². The molecular formula is C13H21N3O3S. The van der Waals surface area contributed by atoms with Crippen molar-refractivity contribution in [2.75, 3.05) is 19.9 Å². The maximum atomic E-state index is 11.7. The average molecular weight is 299 g/mol. The van der Waals surface area contributed by atoms with Gasteiger partial charge >= 0.3 is 5.97 Å². The number of ether oxygens (including phenoxy) is 1. The summed E-state index contributed by atoms with van der Waals surface area (Å²) >= 11 is 1.32. The van der Waals surface area contributed by atoms with Crippen molar-refractivity contribution >= 4 is 17.7 Å². The number of hydrogen-bond acceptors (Lipinski definition) is 6. The van der Waals surface area contributed by atoms with E-state index >= 15 is 0 Å². The van der Waals surface area contributed by atoms with Crippen LogP contribution in [-0.2, 0) is 16.0 Å². The van der Waals surface area contributed by atoms with Gasteiger partial charge in [-0.2, -0.15) is 0 Å².